The third kappa shape index (κ3) is 2.07. The standard InChI is InChI=1S/C13H15NO3/c1-8(9-2-3-9)14-13(15)10-4-5-11-12(6-10)17-7-16-11/h4-6,8-9H,2-3,7H2,1H3,(H,14,15)/t8-/m0/s1. The summed E-state index contributed by atoms with van der Waals surface area (Å²) < 4.78 is 10.5. The van der Waals surface area contributed by atoms with Gasteiger partial charge in [-0.3, -0.25) is 4.79 Å². The molecule has 1 atom stereocenters. The van der Waals surface area contributed by atoms with Gasteiger partial charge in [0.15, 0.2) is 11.5 Å². The van der Waals surface area contributed by atoms with Gasteiger partial charge >= 0.3 is 0 Å². The number of rotatable bonds is 3. The second-order valence-corrected chi connectivity index (χ2v) is 4.67. The second-order valence-electron chi connectivity index (χ2n) is 4.67. The first kappa shape index (κ1) is 10.4. The molecule has 90 valence electrons. The van der Waals surface area contributed by atoms with E-state index >= 15 is 0 Å². The Bertz CT molecular complexity index is 454. The summed E-state index contributed by atoms with van der Waals surface area (Å²) in [5.74, 6) is 1.98. The molecule has 0 unspecified atom stereocenters. The van der Waals surface area contributed by atoms with Crippen molar-refractivity contribution < 1.29 is 14.3 Å². The van der Waals surface area contributed by atoms with E-state index in [2.05, 4.69) is 12.2 Å². The zero-order chi connectivity index (χ0) is 11.8. The first-order valence-electron chi connectivity index (χ1n) is 5.94. The maximum atomic E-state index is 12.0. The quantitative estimate of drug-likeness (QED) is 0.868. The van der Waals surface area contributed by atoms with E-state index in [4.69, 9.17) is 9.47 Å². The van der Waals surface area contributed by atoms with E-state index in [0.717, 1.165) is 0 Å². The van der Waals surface area contributed by atoms with Gasteiger partial charge in [-0.25, -0.2) is 0 Å². The van der Waals surface area contributed by atoms with Gasteiger partial charge in [0, 0.05) is 11.6 Å². The van der Waals surface area contributed by atoms with Gasteiger partial charge in [0.05, 0.1) is 0 Å². The number of carbonyl (C=O) groups excluding carboxylic acids is 1. The zero-order valence-electron chi connectivity index (χ0n) is 9.73. The number of amides is 1. The molecule has 1 aliphatic heterocycles. The highest BCUT2D eigenvalue weighted by Crippen LogP contribution is 2.34. The lowest BCUT2D eigenvalue weighted by Gasteiger charge is -2.12. The van der Waals surface area contributed by atoms with Crippen LogP contribution in [0, 0.1) is 5.92 Å². The fourth-order valence-corrected chi connectivity index (χ4v) is 2.04. The molecule has 1 aromatic rings. The van der Waals surface area contributed by atoms with E-state index in [0.29, 0.717) is 23.0 Å². The summed E-state index contributed by atoms with van der Waals surface area (Å²) in [6.45, 7) is 2.29. The highest BCUT2D eigenvalue weighted by molar-refractivity contribution is 5.95. The largest absolute Gasteiger partial charge is 0.454 e. The van der Waals surface area contributed by atoms with Gasteiger partial charge in [0.1, 0.15) is 0 Å². The van der Waals surface area contributed by atoms with Crippen LogP contribution in [-0.2, 0) is 0 Å². The molecule has 0 aromatic heterocycles. The average Bonchev–Trinajstić information content (AvgIpc) is 3.07. The van der Waals surface area contributed by atoms with Gasteiger partial charge in [0.2, 0.25) is 6.79 Å². The van der Waals surface area contributed by atoms with Crippen LogP contribution in [0.15, 0.2) is 18.2 Å². The topological polar surface area (TPSA) is 47.6 Å². The Morgan fingerprint density at radius 3 is 2.88 bits per heavy atom. The molecule has 1 saturated carbocycles. The maximum absolute atomic E-state index is 12.0. The van der Waals surface area contributed by atoms with Crippen LogP contribution in [0.1, 0.15) is 30.1 Å². The van der Waals surface area contributed by atoms with Crippen LogP contribution in [0.2, 0.25) is 0 Å². The van der Waals surface area contributed by atoms with Crippen molar-refractivity contribution in [1.82, 2.24) is 5.32 Å². The molecular formula is C13H15NO3. The molecule has 17 heavy (non-hydrogen) atoms. The Morgan fingerprint density at radius 1 is 1.35 bits per heavy atom. The van der Waals surface area contributed by atoms with Gasteiger partial charge in [-0.2, -0.15) is 0 Å². The monoisotopic (exact) mass is 233 g/mol. The van der Waals surface area contributed by atoms with Gasteiger partial charge in [-0.15, -0.1) is 0 Å². The van der Waals surface area contributed by atoms with Crippen molar-refractivity contribution in [3.63, 3.8) is 0 Å². The molecular weight excluding hydrogens is 218 g/mol. The summed E-state index contributed by atoms with van der Waals surface area (Å²) >= 11 is 0. The summed E-state index contributed by atoms with van der Waals surface area (Å²) in [5.41, 5.74) is 0.627. The SMILES string of the molecule is C[C@H](NC(=O)c1ccc2c(c1)OCO2)C1CC1. The van der Waals surface area contributed by atoms with Crippen LogP contribution in [0.5, 0.6) is 11.5 Å². The van der Waals surface area contributed by atoms with E-state index in [1.165, 1.54) is 12.8 Å². The molecule has 1 aliphatic carbocycles. The first-order chi connectivity index (χ1) is 8.24. The van der Waals surface area contributed by atoms with E-state index < -0.39 is 0 Å². The van der Waals surface area contributed by atoms with Gasteiger partial charge in [0.25, 0.3) is 5.91 Å². The number of carbonyl (C=O) groups is 1. The lowest BCUT2D eigenvalue weighted by Crippen LogP contribution is -2.33. The van der Waals surface area contributed by atoms with Crippen molar-refractivity contribution in [2.45, 2.75) is 25.8 Å². The number of ether oxygens (including phenoxy) is 2. The Balaban J connectivity index is 1.72. The number of benzene rings is 1. The smallest absolute Gasteiger partial charge is 0.251 e. The Kier molecular flexibility index (Phi) is 2.42. The number of hydrogen-bond acceptors (Lipinski definition) is 3. The summed E-state index contributed by atoms with van der Waals surface area (Å²) in [7, 11) is 0. The van der Waals surface area contributed by atoms with Crippen molar-refractivity contribution >= 4 is 5.91 Å². The van der Waals surface area contributed by atoms with Gasteiger partial charge < -0.3 is 14.8 Å². The van der Waals surface area contributed by atoms with Crippen molar-refractivity contribution in [2.24, 2.45) is 5.92 Å². The van der Waals surface area contributed by atoms with Crippen molar-refractivity contribution in [2.75, 3.05) is 6.79 Å². The number of hydrogen-bond donors (Lipinski definition) is 1. The van der Waals surface area contributed by atoms with E-state index in [1.54, 1.807) is 18.2 Å². The highest BCUT2D eigenvalue weighted by atomic mass is 16.7. The summed E-state index contributed by atoms with van der Waals surface area (Å²) in [5, 5.41) is 3.01. The molecule has 0 bridgehead atoms. The Hall–Kier alpha value is -1.71. The van der Waals surface area contributed by atoms with Crippen LogP contribution < -0.4 is 14.8 Å². The second kappa shape index (κ2) is 3.95. The van der Waals surface area contributed by atoms with E-state index in [1.807, 2.05) is 0 Å². The molecule has 0 saturated heterocycles. The molecule has 1 heterocycles. The fraction of sp³-hybridized carbons (Fsp3) is 0.462. The molecule has 4 heteroatoms. The summed E-state index contributed by atoms with van der Waals surface area (Å²) in [6, 6.07) is 5.53. The molecule has 1 aromatic carbocycles. The third-order valence-electron chi connectivity index (χ3n) is 3.32. The molecule has 3 rings (SSSR count). The predicted molar refractivity (Wildman–Crippen MR) is 62.2 cm³/mol. The van der Waals surface area contributed by atoms with Gasteiger partial charge in [-0.1, -0.05) is 0 Å². The Labute approximate surface area is 99.9 Å². The first-order valence-corrected chi connectivity index (χ1v) is 5.94. The maximum Gasteiger partial charge on any atom is 0.251 e. The summed E-state index contributed by atoms with van der Waals surface area (Å²) in [6.07, 6.45) is 2.45. The minimum atomic E-state index is -0.0392. The molecule has 2 aliphatic rings. The molecule has 0 spiro atoms. The lowest BCUT2D eigenvalue weighted by atomic mass is 10.1. The van der Waals surface area contributed by atoms with Crippen molar-refractivity contribution in [3.8, 4) is 11.5 Å². The van der Waals surface area contributed by atoms with Crippen molar-refractivity contribution in [1.29, 1.82) is 0 Å². The van der Waals surface area contributed by atoms with E-state index in [9.17, 15) is 4.79 Å². The van der Waals surface area contributed by atoms with Crippen LogP contribution in [0.3, 0.4) is 0 Å². The third-order valence-corrected chi connectivity index (χ3v) is 3.32. The molecule has 1 N–H and O–H groups in total. The zero-order valence-corrected chi connectivity index (χ0v) is 9.73. The molecule has 4 nitrogen and oxygen atoms in total. The summed E-state index contributed by atoms with van der Waals surface area (Å²) in [4.78, 5) is 12.0. The minimum absolute atomic E-state index is 0.0392. The lowest BCUT2D eigenvalue weighted by molar-refractivity contribution is 0.0935. The van der Waals surface area contributed by atoms with Crippen LogP contribution in [0.4, 0.5) is 0 Å². The molecule has 1 fully saturated rings. The van der Waals surface area contributed by atoms with Gasteiger partial charge in [-0.05, 0) is 43.9 Å². The van der Waals surface area contributed by atoms with Crippen LogP contribution in [-0.4, -0.2) is 18.7 Å². The number of fused-ring (bicyclic) bond motifs is 1. The highest BCUT2D eigenvalue weighted by Gasteiger charge is 2.29. The number of nitrogens with one attached hydrogen (secondary N) is 1. The normalized spacial score (nSPS) is 18.9. The van der Waals surface area contributed by atoms with Crippen LogP contribution in [0.25, 0.3) is 0 Å². The Morgan fingerprint density at radius 2 is 2.12 bits per heavy atom. The predicted octanol–water partition coefficient (Wildman–Crippen LogP) is 1.94. The van der Waals surface area contributed by atoms with Crippen molar-refractivity contribution in [3.05, 3.63) is 23.8 Å². The van der Waals surface area contributed by atoms with Crippen LogP contribution >= 0.6 is 0 Å². The minimum Gasteiger partial charge on any atom is -0.454 e. The fourth-order valence-electron chi connectivity index (χ4n) is 2.04. The molecule has 1 amide bonds. The average molecular weight is 233 g/mol. The van der Waals surface area contributed by atoms with E-state index in [-0.39, 0.29) is 18.7 Å². The molecule has 0 radical (unpaired) electrons.